The third-order valence-electron chi connectivity index (χ3n) is 3.77. The van der Waals surface area contributed by atoms with Gasteiger partial charge < -0.3 is 14.1 Å². The molecule has 21 heavy (non-hydrogen) atoms. The van der Waals surface area contributed by atoms with Gasteiger partial charge in [0.15, 0.2) is 0 Å². The van der Waals surface area contributed by atoms with Gasteiger partial charge in [0.2, 0.25) is 0 Å². The Morgan fingerprint density at radius 2 is 2.00 bits per heavy atom. The first-order valence-corrected chi connectivity index (χ1v) is 6.84. The van der Waals surface area contributed by atoms with Gasteiger partial charge in [0, 0.05) is 22.5 Å². The Kier molecular flexibility index (Phi) is 2.75. The molecule has 0 aliphatic rings. The van der Waals surface area contributed by atoms with E-state index in [1.165, 1.54) is 0 Å². The predicted molar refractivity (Wildman–Crippen MR) is 81.0 cm³/mol. The molecule has 4 nitrogen and oxygen atoms in total. The number of aliphatic hydroxyl groups is 1. The smallest absolute Gasteiger partial charge is 0.141 e. The maximum absolute atomic E-state index is 9.32. The summed E-state index contributed by atoms with van der Waals surface area (Å²) in [4.78, 5) is 4.54. The molecule has 0 fully saturated rings. The molecule has 0 unspecified atom stereocenters. The lowest BCUT2D eigenvalue weighted by Crippen LogP contribution is -1.99. The van der Waals surface area contributed by atoms with E-state index >= 15 is 0 Å². The SMILES string of the molecule is OCc1cnc2c(c1)c1ccccc1n2Cc1ccoc1. The molecule has 4 heteroatoms. The molecule has 0 radical (unpaired) electrons. The van der Waals surface area contributed by atoms with E-state index < -0.39 is 0 Å². The zero-order valence-electron chi connectivity index (χ0n) is 11.4. The number of hydrogen-bond acceptors (Lipinski definition) is 3. The number of aliphatic hydroxyl groups excluding tert-OH is 1. The second-order valence-electron chi connectivity index (χ2n) is 5.11. The van der Waals surface area contributed by atoms with Crippen molar-refractivity contribution in [2.24, 2.45) is 0 Å². The van der Waals surface area contributed by atoms with Crippen molar-refractivity contribution in [2.75, 3.05) is 0 Å². The van der Waals surface area contributed by atoms with E-state index in [0.29, 0.717) is 6.54 Å². The van der Waals surface area contributed by atoms with Crippen molar-refractivity contribution in [3.63, 3.8) is 0 Å². The van der Waals surface area contributed by atoms with Crippen LogP contribution in [0.15, 0.2) is 59.5 Å². The Morgan fingerprint density at radius 1 is 1.10 bits per heavy atom. The number of hydrogen-bond donors (Lipinski definition) is 1. The number of para-hydroxylation sites is 1. The maximum Gasteiger partial charge on any atom is 0.141 e. The Bertz CT molecular complexity index is 907. The molecule has 0 aliphatic heterocycles. The minimum atomic E-state index is 0.00414. The van der Waals surface area contributed by atoms with E-state index in [2.05, 4.69) is 21.7 Å². The van der Waals surface area contributed by atoms with Crippen LogP contribution in [-0.2, 0) is 13.2 Å². The van der Waals surface area contributed by atoms with Crippen molar-refractivity contribution in [3.8, 4) is 0 Å². The molecule has 0 bridgehead atoms. The monoisotopic (exact) mass is 278 g/mol. The predicted octanol–water partition coefficient (Wildman–Crippen LogP) is 3.32. The van der Waals surface area contributed by atoms with Gasteiger partial charge in [0.25, 0.3) is 0 Å². The largest absolute Gasteiger partial charge is 0.472 e. The average Bonchev–Trinajstić information content (AvgIpc) is 3.15. The van der Waals surface area contributed by atoms with Crippen molar-refractivity contribution >= 4 is 21.9 Å². The summed E-state index contributed by atoms with van der Waals surface area (Å²) in [6.07, 6.45) is 5.16. The third-order valence-corrected chi connectivity index (χ3v) is 3.77. The van der Waals surface area contributed by atoms with Gasteiger partial charge in [-0.05, 0) is 23.8 Å². The van der Waals surface area contributed by atoms with E-state index in [9.17, 15) is 5.11 Å². The summed E-state index contributed by atoms with van der Waals surface area (Å²) in [6.45, 7) is 0.718. The molecule has 0 spiro atoms. The highest BCUT2D eigenvalue weighted by Crippen LogP contribution is 2.29. The van der Waals surface area contributed by atoms with Gasteiger partial charge in [-0.2, -0.15) is 0 Å². The quantitative estimate of drug-likeness (QED) is 0.625. The number of pyridine rings is 1. The van der Waals surface area contributed by atoms with Crippen molar-refractivity contribution in [3.05, 3.63) is 66.2 Å². The Balaban J connectivity index is 2.02. The number of furan rings is 1. The standard InChI is InChI=1S/C17H14N2O2/c20-10-13-7-15-14-3-1-2-4-16(14)19(17(15)18-8-13)9-12-5-6-21-11-12/h1-8,11,20H,9-10H2. The van der Waals surface area contributed by atoms with Gasteiger partial charge in [-0.3, -0.25) is 0 Å². The van der Waals surface area contributed by atoms with Crippen LogP contribution in [0.25, 0.3) is 21.9 Å². The van der Waals surface area contributed by atoms with Crippen LogP contribution in [0.1, 0.15) is 11.1 Å². The molecular weight excluding hydrogens is 264 g/mol. The molecule has 4 aromatic rings. The number of rotatable bonds is 3. The van der Waals surface area contributed by atoms with Crippen LogP contribution >= 0.6 is 0 Å². The van der Waals surface area contributed by atoms with Crippen molar-refractivity contribution in [2.45, 2.75) is 13.2 Å². The highest BCUT2D eigenvalue weighted by atomic mass is 16.3. The fourth-order valence-electron chi connectivity index (χ4n) is 2.78. The molecule has 3 aromatic heterocycles. The molecule has 3 heterocycles. The summed E-state index contributed by atoms with van der Waals surface area (Å²) in [6, 6.07) is 12.2. The highest BCUT2D eigenvalue weighted by Gasteiger charge is 2.12. The molecular formula is C17H14N2O2. The van der Waals surface area contributed by atoms with Crippen molar-refractivity contribution < 1.29 is 9.52 Å². The first kappa shape index (κ1) is 12.2. The molecule has 0 saturated heterocycles. The molecule has 4 rings (SSSR count). The number of fused-ring (bicyclic) bond motifs is 3. The van der Waals surface area contributed by atoms with Gasteiger partial charge in [0.1, 0.15) is 5.65 Å². The first-order chi connectivity index (χ1) is 10.4. The topological polar surface area (TPSA) is 51.2 Å². The fraction of sp³-hybridized carbons (Fsp3) is 0.118. The van der Waals surface area contributed by atoms with E-state index in [4.69, 9.17) is 4.42 Å². The zero-order chi connectivity index (χ0) is 14.2. The lowest BCUT2D eigenvalue weighted by molar-refractivity contribution is 0.281. The van der Waals surface area contributed by atoms with Crippen LogP contribution in [-0.4, -0.2) is 14.7 Å². The summed E-state index contributed by atoms with van der Waals surface area (Å²) >= 11 is 0. The first-order valence-electron chi connectivity index (χ1n) is 6.84. The fourth-order valence-corrected chi connectivity index (χ4v) is 2.78. The molecule has 0 aliphatic carbocycles. The molecule has 104 valence electrons. The van der Waals surface area contributed by atoms with Gasteiger partial charge in [-0.1, -0.05) is 18.2 Å². The minimum Gasteiger partial charge on any atom is -0.472 e. The van der Waals surface area contributed by atoms with Gasteiger partial charge >= 0.3 is 0 Å². The average molecular weight is 278 g/mol. The number of nitrogens with zero attached hydrogens (tertiary/aromatic N) is 2. The van der Waals surface area contributed by atoms with E-state index in [0.717, 1.165) is 33.1 Å². The lowest BCUT2D eigenvalue weighted by atomic mass is 10.1. The second-order valence-corrected chi connectivity index (χ2v) is 5.11. The van der Waals surface area contributed by atoms with Gasteiger partial charge in [0.05, 0.1) is 31.2 Å². The Hall–Kier alpha value is -2.59. The summed E-state index contributed by atoms with van der Waals surface area (Å²) in [5.74, 6) is 0. The maximum atomic E-state index is 9.32. The van der Waals surface area contributed by atoms with Crippen molar-refractivity contribution in [1.82, 2.24) is 9.55 Å². The molecule has 0 saturated carbocycles. The number of aromatic nitrogens is 2. The van der Waals surface area contributed by atoms with E-state index in [1.54, 1.807) is 18.7 Å². The number of benzene rings is 1. The van der Waals surface area contributed by atoms with Crippen LogP contribution in [0.5, 0.6) is 0 Å². The van der Waals surface area contributed by atoms with E-state index in [1.807, 2.05) is 24.3 Å². The zero-order valence-corrected chi connectivity index (χ0v) is 11.4. The molecule has 0 amide bonds. The molecule has 1 aromatic carbocycles. The Labute approximate surface area is 121 Å². The summed E-state index contributed by atoms with van der Waals surface area (Å²) in [5, 5.41) is 11.5. The minimum absolute atomic E-state index is 0.00414. The highest BCUT2D eigenvalue weighted by molar-refractivity contribution is 6.06. The van der Waals surface area contributed by atoms with Crippen LogP contribution < -0.4 is 0 Å². The molecule has 1 N–H and O–H groups in total. The van der Waals surface area contributed by atoms with Gasteiger partial charge in [-0.25, -0.2) is 4.98 Å². The van der Waals surface area contributed by atoms with Gasteiger partial charge in [-0.15, -0.1) is 0 Å². The third kappa shape index (κ3) is 1.92. The van der Waals surface area contributed by atoms with Crippen LogP contribution in [0.2, 0.25) is 0 Å². The van der Waals surface area contributed by atoms with Crippen LogP contribution in [0.3, 0.4) is 0 Å². The Morgan fingerprint density at radius 3 is 2.81 bits per heavy atom. The summed E-state index contributed by atoms with van der Waals surface area (Å²) in [5.41, 5.74) is 3.99. The van der Waals surface area contributed by atoms with E-state index in [-0.39, 0.29) is 6.61 Å². The second kappa shape index (κ2) is 4.75. The normalized spacial score (nSPS) is 11.5. The summed E-state index contributed by atoms with van der Waals surface area (Å²) < 4.78 is 7.33. The van der Waals surface area contributed by atoms with Crippen LogP contribution in [0, 0.1) is 0 Å². The van der Waals surface area contributed by atoms with Crippen LogP contribution in [0.4, 0.5) is 0 Å². The summed E-state index contributed by atoms with van der Waals surface area (Å²) in [7, 11) is 0. The van der Waals surface area contributed by atoms with Crippen molar-refractivity contribution in [1.29, 1.82) is 0 Å². The molecule has 0 atom stereocenters. The lowest BCUT2D eigenvalue weighted by Gasteiger charge is -2.04.